The number of nitrogens with two attached hydrogens (primary N) is 1. The van der Waals surface area contributed by atoms with E-state index in [0.29, 0.717) is 5.92 Å². The molecule has 0 bridgehead atoms. The first kappa shape index (κ1) is 17.3. The standard InChI is InChI=1S/C21H33N/c1-3-5-6-7-9-17-10-11-19-15-20(13-12-18(19)14-17)21(16-22)8-4-2/h5-6,12-13,15,17,21H,3-4,7-11,14,16,22H2,1-2H3/b6-5+/t17-,21?/m0/s1. The van der Waals surface area contributed by atoms with Crippen LogP contribution in [0.25, 0.3) is 0 Å². The van der Waals surface area contributed by atoms with Crippen molar-refractivity contribution in [2.45, 2.75) is 71.1 Å². The summed E-state index contributed by atoms with van der Waals surface area (Å²) < 4.78 is 0. The fourth-order valence-corrected chi connectivity index (χ4v) is 3.74. The fraction of sp³-hybridized carbons (Fsp3) is 0.619. The summed E-state index contributed by atoms with van der Waals surface area (Å²) in [4.78, 5) is 0. The van der Waals surface area contributed by atoms with Crippen LogP contribution < -0.4 is 5.73 Å². The van der Waals surface area contributed by atoms with E-state index in [-0.39, 0.29) is 0 Å². The molecule has 0 saturated carbocycles. The van der Waals surface area contributed by atoms with Crippen LogP contribution in [0, 0.1) is 5.92 Å². The second-order valence-corrected chi connectivity index (χ2v) is 6.82. The van der Waals surface area contributed by atoms with Crippen LogP contribution in [0.3, 0.4) is 0 Å². The molecule has 0 saturated heterocycles. The molecule has 0 spiro atoms. The van der Waals surface area contributed by atoms with Crippen LogP contribution in [0.4, 0.5) is 0 Å². The third-order valence-electron chi connectivity index (χ3n) is 5.10. The van der Waals surface area contributed by atoms with Crippen molar-refractivity contribution >= 4 is 0 Å². The van der Waals surface area contributed by atoms with E-state index in [4.69, 9.17) is 5.73 Å². The van der Waals surface area contributed by atoms with Crippen LogP contribution >= 0.6 is 0 Å². The number of hydrogen-bond donors (Lipinski definition) is 1. The zero-order valence-electron chi connectivity index (χ0n) is 14.5. The molecular weight excluding hydrogens is 266 g/mol. The smallest absolute Gasteiger partial charge is 0.000824 e. The average molecular weight is 300 g/mol. The van der Waals surface area contributed by atoms with Gasteiger partial charge in [-0.2, -0.15) is 0 Å². The van der Waals surface area contributed by atoms with Gasteiger partial charge >= 0.3 is 0 Å². The Bertz CT molecular complexity index is 475. The normalized spacial score (nSPS) is 19.3. The number of rotatable bonds is 8. The van der Waals surface area contributed by atoms with Crippen molar-refractivity contribution in [1.29, 1.82) is 0 Å². The molecule has 0 amide bonds. The van der Waals surface area contributed by atoms with Gasteiger partial charge in [0.2, 0.25) is 0 Å². The molecule has 0 radical (unpaired) electrons. The van der Waals surface area contributed by atoms with Crippen LogP contribution in [0.15, 0.2) is 30.4 Å². The predicted octanol–water partition coefficient (Wildman–Crippen LogP) is 5.38. The summed E-state index contributed by atoms with van der Waals surface area (Å²) in [5.74, 6) is 1.42. The summed E-state index contributed by atoms with van der Waals surface area (Å²) in [6, 6.07) is 7.18. The predicted molar refractivity (Wildman–Crippen MR) is 97.3 cm³/mol. The van der Waals surface area contributed by atoms with Gasteiger partial charge in [-0.15, -0.1) is 0 Å². The molecule has 1 aromatic rings. The van der Waals surface area contributed by atoms with Gasteiger partial charge in [-0.1, -0.05) is 50.6 Å². The molecule has 1 nitrogen and oxygen atoms in total. The molecule has 0 aliphatic heterocycles. The van der Waals surface area contributed by atoms with Gasteiger partial charge in [0.05, 0.1) is 0 Å². The third-order valence-corrected chi connectivity index (χ3v) is 5.10. The molecule has 0 fully saturated rings. The molecule has 2 N–H and O–H groups in total. The lowest BCUT2D eigenvalue weighted by Crippen LogP contribution is -2.16. The maximum absolute atomic E-state index is 5.96. The summed E-state index contributed by atoms with van der Waals surface area (Å²) >= 11 is 0. The van der Waals surface area contributed by atoms with E-state index in [1.165, 1.54) is 50.5 Å². The van der Waals surface area contributed by atoms with Gasteiger partial charge in [0.25, 0.3) is 0 Å². The van der Waals surface area contributed by atoms with Crippen LogP contribution in [-0.4, -0.2) is 6.54 Å². The number of aryl methyl sites for hydroxylation is 1. The second-order valence-electron chi connectivity index (χ2n) is 6.82. The van der Waals surface area contributed by atoms with E-state index in [2.05, 4.69) is 44.2 Å². The number of fused-ring (bicyclic) bond motifs is 1. The van der Waals surface area contributed by atoms with E-state index in [1.807, 2.05) is 0 Å². The van der Waals surface area contributed by atoms with Crippen molar-refractivity contribution in [2.24, 2.45) is 11.7 Å². The van der Waals surface area contributed by atoms with Gasteiger partial charge in [0.1, 0.15) is 0 Å². The third kappa shape index (κ3) is 4.71. The molecule has 0 aromatic heterocycles. The van der Waals surface area contributed by atoms with Crippen molar-refractivity contribution in [1.82, 2.24) is 0 Å². The molecule has 2 atom stereocenters. The summed E-state index contributed by atoms with van der Waals surface area (Å²) in [5.41, 5.74) is 10.6. The highest BCUT2D eigenvalue weighted by Gasteiger charge is 2.19. The molecule has 1 heteroatoms. The summed E-state index contributed by atoms with van der Waals surface area (Å²) in [6.45, 7) is 5.23. The largest absolute Gasteiger partial charge is 0.330 e. The van der Waals surface area contributed by atoms with Gasteiger partial charge in [-0.05, 0) is 80.0 Å². The Morgan fingerprint density at radius 2 is 2.09 bits per heavy atom. The number of allylic oxidation sites excluding steroid dienone is 2. The van der Waals surface area contributed by atoms with Gasteiger partial charge in [0, 0.05) is 0 Å². The van der Waals surface area contributed by atoms with Crippen molar-refractivity contribution < 1.29 is 0 Å². The lowest BCUT2D eigenvalue weighted by atomic mass is 9.80. The monoisotopic (exact) mass is 299 g/mol. The summed E-state index contributed by atoms with van der Waals surface area (Å²) in [7, 11) is 0. The SMILES string of the molecule is CC/C=C/CC[C@H]1CCc2cc(C(CN)CCC)ccc2C1. The summed E-state index contributed by atoms with van der Waals surface area (Å²) in [6.07, 6.45) is 14.7. The van der Waals surface area contributed by atoms with Gasteiger partial charge in [0.15, 0.2) is 0 Å². The fourth-order valence-electron chi connectivity index (χ4n) is 3.74. The van der Waals surface area contributed by atoms with Crippen LogP contribution in [0.5, 0.6) is 0 Å². The lowest BCUT2D eigenvalue weighted by Gasteiger charge is -2.26. The highest BCUT2D eigenvalue weighted by atomic mass is 14.5. The quantitative estimate of drug-likeness (QED) is 0.641. The Kier molecular flexibility index (Phi) is 7.18. The van der Waals surface area contributed by atoms with Gasteiger partial charge < -0.3 is 5.73 Å². The molecule has 0 heterocycles. The van der Waals surface area contributed by atoms with E-state index < -0.39 is 0 Å². The first-order chi connectivity index (χ1) is 10.8. The topological polar surface area (TPSA) is 26.0 Å². The lowest BCUT2D eigenvalue weighted by molar-refractivity contribution is 0.430. The van der Waals surface area contributed by atoms with Crippen LogP contribution in [0.1, 0.15) is 75.0 Å². The number of hydrogen-bond acceptors (Lipinski definition) is 1. The molecule has 1 aliphatic carbocycles. The van der Waals surface area contributed by atoms with Crippen molar-refractivity contribution in [3.05, 3.63) is 47.0 Å². The highest BCUT2D eigenvalue weighted by Crippen LogP contribution is 2.31. The molecular formula is C21H33N. The summed E-state index contributed by atoms with van der Waals surface area (Å²) in [5, 5.41) is 0. The maximum atomic E-state index is 5.96. The minimum atomic E-state index is 0.548. The molecule has 2 rings (SSSR count). The maximum Gasteiger partial charge on any atom is -0.000824 e. The molecule has 122 valence electrons. The number of benzene rings is 1. The average Bonchev–Trinajstić information content (AvgIpc) is 2.56. The molecule has 1 aromatic carbocycles. The van der Waals surface area contributed by atoms with Crippen LogP contribution in [0.2, 0.25) is 0 Å². The Morgan fingerprint density at radius 3 is 2.82 bits per heavy atom. The van der Waals surface area contributed by atoms with Crippen molar-refractivity contribution in [3.63, 3.8) is 0 Å². The highest BCUT2D eigenvalue weighted by molar-refractivity contribution is 5.36. The van der Waals surface area contributed by atoms with E-state index >= 15 is 0 Å². The minimum Gasteiger partial charge on any atom is -0.330 e. The molecule has 1 unspecified atom stereocenters. The molecule has 1 aliphatic rings. The molecule has 22 heavy (non-hydrogen) atoms. The van der Waals surface area contributed by atoms with E-state index in [9.17, 15) is 0 Å². The van der Waals surface area contributed by atoms with Crippen molar-refractivity contribution in [2.75, 3.05) is 6.54 Å². The van der Waals surface area contributed by atoms with Crippen molar-refractivity contribution in [3.8, 4) is 0 Å². The van der Waals surface area contributed by atoms with Crippen LogP contribution in [-0.2, 0) is 12.8 Å². The van der Waals surface area contributed by atoms with E-state index in [0.717, 1.165) is 18.9 Å². The zero-order chi connectivity index (χ0) is 15.8. The van der Waals surface area contributed by atoms with E-state index in [1.54, 1.807) is 11.1 Å². The second kappa shape index (κ2) is 9.15. The Labute approximate surface area is 137 Å². The first-order valence-corrected chi connectivity index (χ1v) is 9.25. The van der Waals surface area contributed by atoms with Gasteiger partial charge in [-0.25, -0.2) is 0 Å². The first-order valence-electron chi connectivity index (χ1n) is 9.25. The van der Waals surface area contributed by atoms with Gasteiger partial charge in [-0.3, -0.25) is 0 Å². The Balaban J connectivity index is 1.97. The Morgan fingerprint density at radius 1 is 1.23 bits per heavy atom. The zero-order valence-corrected chi connectivity index (χ0v) is 14.5. The minimum absolute atomic E-state index is 0.548. The Hall–Kier alpha value is -1.08.